The third-order valence-corrected chi connectivity index (χ3v) is 2.32. The lowest BCUT2D eigenvalue weighted by Crippen LogP contribution is -2.04. The number of alkyl halides is 3. The van der Waals surface area contributed by atoms with Crippen LogP contribution in [0.25, 0.3) is 0 Å². The van der Waals surface area contributed by atoms with E-state index in [0.29, 0.717) is 5.56 Å². The molecular weight excluding hydrogens is 238 g/mol. The van der Waals surface area contributed by atoms with E-state index in [2.05, 4.69) is 4.98 Å². The second-order valence-corrected chi connectivity index (χ2v) is 3.22. The van der Waals surface area contributed by atoms with Gasteiger partial charge in [-0.3, -0.25) is 4.98 Å². The fraction of sp³-hybridized carbons (Fsp3) is 0.400. The first-order valence-corrected chi connectivity index (χ1v) is 4.94. The van der Waals surface area contributed by atoms with Crippen LogP contribution in [0.1, 0.15) is 23.2 Å². The van der Waals surface area contributed by atoms with Gasteiger partial charge in [0.1, 0.15) is 11.4 Å². The highest BCUT2D eigenvalue weighted by atomic mass is 35.5. The molecule has 1 aromatic rings. The standard InChI is InChI=1S/C10H9ClF2N2O/c1-16-9-6(2-3-14)5-15-8(10(12)13)7(9)4-11/h5,10H,2,4H2,1H3. The molecule has 0 atom stereocenters. The van der Waals surface area contributed by atoms with E-state index in [0.717, 1.165) is 0 Å². The van der Waals surface area contributed by atoms with E-state index in [1.54, 1.807) is 0 Å². The van der Waals surface area contributed by atoms with Gasteiger partial charge in [-0.25, -0.2) is 8.78 Å². The first-order valence-electron chi connectivity index (χ1n) is 4.41. The summed E-state index contributed by atoms with van der Waals surface area (Å²) in [5.41, 5.74) is 0.213. The van der Waals surface area contributed by atoms with Crippen molar-refractivity contribution >= 4 is 11.6 Å². The first kappa shape index (κ1) is 12.7. The molecular formula is C10H9ClF2N2O. The summed E-state index contributed by atoms with van der Waals surface area (Å²) in [6.45, 7) is 0. The molecule has 0 saturated heterocycles. The number of pyridine rings is 1. The van der Waals surface area contributed by atoms with Crippen LogP contribution in [0.15, 0.2) is 6.20 Å². The third kappa shape index (κ3) is 2.39. The monoisotopic (exact) mass is 246 g/mol. The minimum Gasteiger partial charge on any atom is -0.496 e. The number of rotatable bonds is 4. The molecule has 0 amide bonds. The molecule has 0 N–H and O–H groups in total. The van der Waals surface area contributed by atoms with Gasteiger partial charge in [-0.2, -0.15) is 5.26 Å². The number of nitriles is 1. The number of methoxy groups -OCH3 is 1. The minimum atomic E-state index is -2.71. The van der Waals surface area contributed by atoms with Gasteiger partial charge in [-0.05, 0) is 0 Å². The van der Waals surface area contributed by atoms with Crippen LogP contribution in [-0.4, -0.2) is 12.1 Å². The minimum absolute atomic E-state index is 0.0452. The van der Waals surface area contributed by atoms with Crippen molar-refractivity contribution in [3.63, 3.8) is 0 Å². The van der Waals surface area contributed by atoms with E-state index in [9.17, 15) is 8.78 Å². The van der Waals surface area contributed by atoms with Crippen LogP contribution in [0.5, 0.6) is 5.75 Å². The zero-order valence-corrected chi connectivity index (χ0v) is 9.26. The van der Waals surface area contributed by atoms with Gasteiger partial charge in [0.05, 0.1) is 25.5 Å². The van der Waals surface area contributed by atoms with Gasteiger partial charge < -0.3 is 4.74 Å². The Morgan fingerprint density at radius 3 is 2.75 bits per heavy atom. The van der Waals surface area contributed by atoms with E-state index >= 15 is 0 Å². The molecule has 1 heterocycles. The van der Waals surface area contributed by atoms with Crippen LogP contribution in [0.2, 0.25) is 0 Å². The predicted octanol–water partition coefficient (Wildman–Crippen LogP) is 2.83. The largest absolute Gasteiger partial charge is 0.496 e. The van der Waals surface area contributed by atoms with Crippen LogP contribution in [0.3, 0.4) is 0 Å². The first-order chi connectivity index (χ1) is 7.65. The average Bonchev–Trinajstić information content (AvgIpc) is 2.28. The van der Waals surface area contributed by atoms with Gasteiger partial charge in [0.25, 0.3) is 6.43 Å². The number of hydrogen-bond acceptors (Lipinski definition) is 3. The molecule has 0 radical (unpaired) electrons. The number of hydrogen-bond donors (Lipinski definition) is 0. The smallest absolute Gasteiger partial charge is 0.280 e. The number of aromatic nitrogens is 1. The Morgan fingerprint density at radius 2 is 2.31 bits per heavy atom. The van der Waals surface area contributed by atoms with Crippen molar-refractivity contribution < 1.29 is 13.5 Å². The van der Waals surface area contributed by atoms with Gasteiger partial charge in [-0.15, -0.1) is 11.6 Å². The fourth-order valence-electron chi connectivity index (χ4n) is 1.38. The molecule has 0 fully saturated rings. The second kappa shape index (κ2) is 5.61. The molecule has 16 heavy (non-hydrogen) atoms. The molecule has 0 aliphatic heterocycles. The van der Waals surface area contributed by atoms with Crippen LogP contribution >= 0.6 is 11.6 Å². The normalized spacial score (nSPS) is 10.2. The highest BCUT2D eigenvalue weighted by Gasteiger charge is 2.20. The lowest BCUT2D eigenvalue weighted by Gasteiger charge is -2.13. The molecule has 3 nitrogen and oxygen atoms in total. The number of halogens is 3. The maximum absolute atomic E-state index is 12.6. The Hall–Kier alpha value is -1.41. The molecule has 1 aromatic heterocycles. The Labute approximate surface area is 96.6 Å². The molecule has 1 rings (SSSR count). The lowest BCUT2D eigenvalue weighted by molar-refractivity contribution is 0.144. The summed E-state index contributed by atoms with van der Waals surface area (Å²) >= 11 is 5.60. The summed E-state index contributed by atoms with van der Waals surface area (Å²) in [6.07, 6.45) is -1.44. The quantitative estimate of drug-likeness (QED) is 0.768. The van der Waals surface area contributed by atoms with Crippen molar-refractivity contribution in [1.29, 1.82) is 5.26 Å². The van der Waals surface area contributed by atoms with Gasteiger partial charge in [0.15, 0.2) is 0 Å². The van der Waals surface area contributed by atoms with Crippen molar-refractivity contribution in [1.82, 2.24) is 4.98 Å². The van der Waals surface area contributed by atoms with Crippen molar-refractivity contribution in [3.8, 4) is 11.8 Å². The molecule has 0 aromatic carbocycles. The van der Waals surface area contributed by atoms with Crippen molar-refractivity contribution in [2.24, 2.45) is 0 Å². The Balaban J connectivity index is 3.35. The van der Waals surface area contributed by atoms with Gasteiger partial charge in [0.2, 0.25) is 0 Å². The molecule has 86 valence electrons. The predicted molar refractivity (Wildman–Crippen MR) is 54.6 cm³/mol. The zero-order chi connectivity index (χ0) is 12.1. The third-order valence-electron chi connectivity index (χ3n) is 2.05. The second-order valence-electron chi connectivity index (χ2n) is 2.95. The van der Waals surface area contributed by atoms with E-state index in [1.165, 1.54) is 13.3 Å². The summed E-state index contributed by atoms with van der Waals surface area (Å²) in [5, 5.41) is 8.57. The highest BCUT2D eigenvalue weighted by Crippen LogP contribution is 2.32. The maximum Gasteiger partial charge on any atom is 0.280 e. The number of nitrogens with zero attached hydrogens (tertiary/aromatic N) is 2. The molecule has 0 aliphatic rings. The van der Waals surface area contributed by atoms with E-state index in [1.807, 2.05) is 6.07 Å². The lowest BCUT2D eigenvalue weighted by atomic mass is 10.1. The summed E-state index contributed by atoms with van der Waals surface area (Å²) in [4.78, 5) is 3.61. The molecule has 0 spiro atoms. The summed E-state index contributed by atoms with van der Waals surface area (Å²) < 4.78 is 30.2. The SMILES string of the molecule is COc1c(CC#N)cnc(C(F)F)c1CCl. The molecule has 0 unspecified atom stereocenters. The highest BCUT2D eigenvalue weighted by molar-refractivity contribution is 6.17. The zero-order valence-electron chi connectivity index (χ0n) is 8.51. The molecule has 6 heteroatoms. The summed E-state index contributed by atoms with van der Waals surface area (Å²) in [7, 11) is 1.35. The number of ether oxygens (including phenoxy) is 1. The molecule has 0 aliphatic carbocycles. The van der Waals surface area contributed by atoms with Crippen LogP contribution in [0.4, 0.5) is 8.78 Å². The van der Waals surface area contributed by atoms with Crippen molar-refractivity contribution in [2.75, 3.05) is 7.11 Å². The van der Waals surface area contributed by atoms with Crippen LogP contribution in [0, 0.1) is 11.3 Å². The van der Waals surface area contributed by atoms with Crippen LogP contribution < -0.4 is 4.74 Å². The molecule has 0 saturated carbocycles. The van der Waals surface area contributed by atoms with E-state index < -0.39 is 12.1 Å². The van der Waals surface area contributed by atoms with Crippen molar-refractivity contribution in [3.05, 3.63) is 23.0 Å². The van der Waals surface area contributed by atoms with Gasteiger partial charge >= 0.3 is 0 Å². The van der Waals surface area contributed by atoms with E-state index in [4.69, 9.17) is 21.6 Å². The fourth-order valence-corrected chi connectivity index (χ4v) is 1.63. The summed E-state index contributed by atoms with van der Waals surface area (Å²) in [6, 6.07) is 1.91. The van der Waals surface area contributed by atoms with Crippen LogP contribution in [-0.2, 0) is 12.3 Å². The van der Waals surface area contributed by atoms with Gasteiger partial charge in [-0.1, -0.05) is 0 Å². The molecule has 0 bridgehead atoms. The Bertz CT molecular complexity index is 418. The average molecular weight is 247 g/mol. The van der Waals surface area contributed by atoms with E-state index in [-0.39, 0.29) is 23.6 Å². The Kier molecular flexibility index (Phi) is 4.44. The van der Waals surface area contributed by atoms with Gasteiger partial charge in [0, 0.05) is 17.3 Å². The van der Waals surface area contributed by atoms with Crippen molar-refractivity contribution in [2.45, 2.75) is 18.7 Å². The summed E-state index contributed by atoms with van der Waals surface area (Å²) in [5.74, 6) is 0.0941. The topological polar surface area (TPSA) is 45.9 Å². The Morgan fingerprint density at radius 1 is 1.62 bits per heavy atom. The maximum atomic E-state index is 12.6.